The smallest absolute Gasteiger partial charge is 0.330 e. The first-order valence-electron chi connectivity index (χ1n) is 9.16. The molecule has 28 heavy (non-hydrogen) atoms. The maximum Gasteiger partial charge on any atom is 0.330 e. The first-order valence-corrected chi connectivity index (χ1v) is 9.68. The molecule has 10 heteroatoms. The second kappa shape index (κ2) is 8.89. The number of ether oxygens (including phenoxy) is 1. The molecular weight excluding hydrogens is 384 g/mol. The fourth-order valence-corrected chi connectivity index (χ4v) is 4.05. The zero-order valence-electron chi connectivity index (χ0n) is 15.6. The summed E-state index contributed by atoms with van der Waals surface area (Å²) in [5.41, 5.74) is 0.626. The molecular formula is C18H24N4O5S. The van der Waals surface area contributed by atoms with E-state index in [1.807, 2.05) is 11.9 Å². The lowest BCUT2D eigenvalue weighted by atomic mass is 10.1. The molecule has 1 aromatic carbocycles. The number of carbonyl (C=O) groups is 2. The Morgan fingerprint density at radius 3 is 2.64 bits per heavy atom. The number of hydrogen-bond acceptors (Lipinski definition) is 8. The van der Waals surface area contributed by atoms with Crippen LogP contribution in [0.3, 0.4) is 0 Å². The summed E-state index contributed by atoms with van der Waals surface area (Å²) in [5.74, 6) is -0.556. The van der Waals surface area contributed by atoms with Gasteiger partial charge in [0, 0.05) is 43.6 Å². The predicted octanol–water partition coefficient (Wildman–Crippen LogP) is 0.441. The molecule has 1 amide bonds. The summed E-state index contributed by atoms with van der Waals surface area (Å²) in [6, 6.07) is 4.87. The minimum absolute atomic E-state index is 0.00258. The summed E-state index contributed by atoms with van der Waals surface area (Å²) in [5, 5.41) is 14.0. The molecule has 2 aliphatic rings. The number of nitro benzene ring substituents is 1. The maximum absolute atomic E-state index is 13.0. The van der Waals surface area contributed by atoms with Crippen LogP contribution in [0.2, 0.25) is 0 Å². The second-order valence-corrected chi connectivity index (χ2v) is 7.86. The highest BCUT2D eigenvalue weighted by atomic mass is 32.1. The molecule has 2 saturated heterocycles. The Hall–Kier alpha value is -2.17. The van der Waals surface area contributed by atoms with Crippen LogP contribution in [0.1, 0.15) is 12.0 Å². The lowest BCUT2D eigenvalue weighted by molar-refractivity contribution is -0.384. The molecule has 0 bridgehead atoms. The zero-order valence-corrected chi connectivity index (χ0v) is 16.5. The molecule has 1 aromatic rings. The van der Waals surface area contributed by atoms with Gasteiger partial charge in [-0.15, -0.1) is 0 Å². The van der Waals surface area contributed by atoms with Gasteiger partial charge in [0.1, 0.15) is 12.6 Å². The normalized spacial score (nSPS) is 25.5. The molecule has 0 aliphatic carbocycles. The van der Waals surface area contributed by atoms with Crippen molar-refractivity contribution in [1.82, 2.24) is 15.1 Å². The Labute approximate surface area is 168 Å². The van der Waals surface area contributed by atoms with E-state index in [2.05, 4.69) is 17.9 Å². The standard InChI is InChI=1S/C18H24N4O5S/c1-20-10-14(28)8-15(20)17(23)21-7-6-19-9-16(21)18(24)27-11-12-2-4-13(5-3-12)22(25)26/h2-5,14-16,19,28H,6-11H2,1H3/t14-,15-,16?/m0/s1. The van der Waals surface area contributed by atoms with Gasteiger partial charge >= 0.3 is 5.97 Å². The van der Waals surface area contributed by atoms with E-state index in [0.717, 1.165) is 6.54 Å². The van der Waals surface area contributed by atoms with E-state index in [4.69, 9.17) is 4.74 Å². The van der Waals surface area contributed by atoms with E-state index in [1.54, 1.807) is 17.0 Å². The maximum atomic E-state index is 13.0. The van der Waals surface area contributed by atoms with Gasteiger partial charge in [-0.25, -0.2) is 4.79 Å². The van der Waals surface area contributed by atoms with Crippen LogP contribution in [0.4, 0.5) is 5.69 Å². The number of piperazine rings is 1. The molecule has 0 aromatic heterocycles. The largest absolute Gasteiger partial charge is 0.459 e. The quantitative estimate of drug-likeness (QED) is 0.315. The van der Waals surface area contributed by atoms with Crippen molar-refractivity contribution in [2.75, 3.05) is 33.2 Å². The predicted molar refractivity (Wildman–Crippen MR) is 105 cm³/mol. The number of esters is 1. The Morgan fingerprint density at radius 1 is 1.32 bits per heavy atom. The number of likely N-dealkylation sites (tertiary alicyclic amines) is 1. The van der Waals surface area contributed by atoms with Crippen LogP contribution in [0.15, 0.2) is 24.3 Å². The van der Waals surface area contributed by atoms with Gasteiger partial charge in [-0.1, -0.05) is 0 Å². The Balaban J connectivity index is 1.62. The van der Waals surface area contributed by atoms with Gasteiger partial charge in [0.2, 0.25) is 5.91 Å². The molecule has 2 fully saturated rings. The molecule has 0 saturated carbocycles. The van der Waals surface area contributed by atoms with Crippen LogP contribution >= 0.6 is 12.6 Å². The first kappa shape index (κ1) is 20.6. The first-order chi connectivity index (χ1) is 13.4. The van der Waals surface area contributed by atoms with E-state index in [9.17, 15) is 19.7 Å². The van der Waals surface area contributed by atoms with Crippen molar-refractivity contribution in [1.29, 1.82) is 0 Å². The number of carbonyl (C=O) groups excluding carboxylic acids is 2. The lowest BCUT2D eigenvalue weighted by Crippen LogP contribution is -2.60. The Bertz CT molecular complexity index is 744. The van der Waals surface area contributed by atoms with Crippen molar-refractivity contribution in [3.8, 4) is 0 Å². The van der Waals surface area contributed by atoms with Crippen LogP contribution in [0.25, 0.3) is 0 Å². The molecule has 9 nitrogen and oxygen atoms in total. The van der Waals surface area contributed by atoms with E-state index in [1.165, 1.54) is 12.1 Å². The van der Waals surface area contributed by atoms with Crippen molar-refractivity contribution in [2.45, 2.75) is 30.4 Å². The number of nitrogens with one attached hydrogen (secondary N) is 1. The molecule has 2 heterocycles. The average molecular weight is 408 g/mol. The third kappa shape index (κ3) is 4.62. The summed E-state index contributed by atoms with van der Waals surface area (Å²) in [6.07, 6.45) is 0.660. The molecule has 152 valence electrons. The van der Waals surface area contributed by atoms with Gasteiger partial charge in [0.25, 0.3) is 5.69 Å². The fraction of sp³-hybridized carbons (Fsp3) is 0.556. The molecule has 2 aliphatic heterocycles. The summed E-state index contributed by atoms with van der Waals surface area (Å²) in [6.45, 7) is 2.14. The second-order valence-electron chi connectivity index (χ2n) is 7.13. The minimum Gasteiger partial charge on any atom is -0.459 e. The van der Waals surface area contributed by atoms with Crippen LogP contribution < -0.4 is 5.32 Å². The minimum atomic E-state index is -0.688. The van der Waals surface area contributed by atoms with E-state index >= 15 is 0 Å². The highest BCUT2D eigenvalue weighted by Gasteiger charge is 2.40. The van der Waals surface area contributed by atoms with E-state index in [-0.39, 0.29) is 29.5 Å². The highest BCUT2D eigenvalue weighted by molar-refractivity contribution is 7.81. The SMILES string of the molecule is CN1C[C@@H](S)C[C@H]1C(=O)N1CCNCC1C(=O)OCc1ccc([N+](=O)[O-])cc1. The van der Waals surface area contributed by atoms with Crippen molar-refractivity contribution >= 4 is 30.2 Å². The number of likely N-dealkylation sites (N-methyl/N-ethyl adjacent to an activating group) is 1. The third-order valence-corrected chi connectivity index (χ3v) is 5.51. The molecule has 3 atom stereocenters. The lowest BCUT2D eigenvalue weighted by Gasteiger charge is -2.37. The number of amides is 1. The van der Waals surface area contributed by atoms with Crippen molar-refractivity contribution < 1.29 is 19.2 Å². The van der Waals surface area contributed by atoms with Gasteiger partial charge in [-0.3, -0.25) is 19.8 Å². The van der Waals surface area contributed by atoms with Crippen molar-refractivity contribution in [3.05, 3.63) is 39.9 Å². The van der Waals surface area contributed by atoms with Gasteiger partial charge in [0.05, 0.1) is 11.0 Å². The van der Waals surface area contributed by atoms with Gasteiger partial charge < -0.3 is 15.0 Å². The van der Waals surface area contributed by atoms with E-state index in [0.29, 0.717) is 31.6 Å². The number of nitrogens with zero attached hydrogens (tertiary/aromatic N) is 3. The monoisotopic (exact) mass is 408 g/mol. The highest BCUT2D eigenvalue weighted by Crippen LogP contribution is 2.23. The summed E-state index contributed by atoms with van der Waals surface area (Å²) >= 11 is 4.47. The van der Waals surface area contributed by atoms with Crippen LogP contribution in [0, 0.1) is 10.1 Å². The van der Waals surface area contributed by atoms with Crippen molar-refractivity contribution in [2.24, 2.45) is 0 Å². The molecule has 3 rings (SSSR count). The van der Waals surface area contributed by atoms with Crippen LogP contribution in [0.5, 0.6) is 0 Å². The van der Waals surface area contributed by atoms with Gasteiger partial charge in [0.15, 0.2) is 0 Å². The molecule has 0 radical (unpaired) electrons. The third-order valence-electron chi connectivity index (χ3n) is 5.14. The summed E-state index contributed by atoms with van der Waals surface area (Å²) in [7, 11) is 1.89. The number of non-ortho nitro benzene ring substituents is 1. The number of nitro groups is 1. The van der Waals surface area contributed by atoms with Gasteiger partial charge in [-0.2, -0.15) is 12.6 Å². The van der Waals surface area contributed by atoms with Crippen LogP contribution in [-0.4, -0.2) is 77.2 Å². The zero-order chi connectivity index (χ0) is 20.3. The number of rotatable bonds is 5. The number of hydrogen-bond donors (Lipinski definition) is 2. The summed E-state index contributed by atoms with van der Waals surface area (Å²) < 4.78 is 5.39. The van der Waals surface area contributed by atoms with Gasteiger partial charge in [-0.05, 0) is 31.2 Å². The van der Waals surface area contributed by atoms with E-state index < -0.39 is 16.9 Å². The molecule has 1 N–H and O–H groups in total. The fourth-order valence-electron chi connectivity index (χ4n) is 3.60. The number of thiol groups is 1. The van der Waals surface area contributed by atoms with Crippen LogP contribution in [-0.2, 0) is 20.9 Å². The van der Waals surface area contributed by atoms with Crippen molar-refractivity contribution in [3.63, 3.8) is 0 Å². The molecule has 0 spiro atoms. The average Bonchev–Trinajstić information content (AvgIpc) is 3.03. The Morgan fingerprint density at radius 2 is 2.04 bits per heavy atom. The number of benzene rings is 1. The Kier molecular flexibility index (Phi) is 6.53. The molecule has 1 unspecified atom stereocenters. The summed E-state index contributed by atoms with van der Waals surface area (Å²) in [4.78, 5) is 39.4. The topological polar surface area (TPSA) is 105 Å².